The SMILES string of the molecule is Cc1ccc(-c2c(-c3ccc(C)s3)c3cc(-c4sc(C)c5c(F)c(C(=O)NCCCCCCBr)sc45)sc3c3sc(C)cc23)s1. The average Bonchev–Trinajstić information content (AvgIpc) is 3.84. The van der Waals surface area contributed by atoms with Crippen LogP contribution in [0.1, 0.15) is 54.9 Å². The smallest absolute Gasteiger partial charge is 0.264 e. The van der Waals surface area contributed by atoms with Gasteiger partial charge in [0.1, 0.15) is 4.88 Å². The lowest BCUT2D eigenvalue weighted by atomic mass is 9.96. The zero-order chi connectivity index (χ0) is 31.4. The Morgan fingerprint density at radius 1 is 0.711 bits per heavy atom. The minimum absolute atomic E-state index is 0.195. The highest BCUT2D eigenvalue weighted by Gasteiger charge is 2.27. The molecule has 0 aliphatic rings. The van der Waals surface area contributed by atoms with Crippen LogP contribution < -0.4 is 5.32 Å². The standard InChI is InChI=1S/C35H31BrFNOS6/c1-17-9-11-23(40-17)27-21-15-19(3)42-30(21)31-22(28(27)24-12-10-18(2)41-24)16-25(44-31)32-33-26(20(4)43-32)29(37)34(45-33)35(39)38-14-8-6-5-7-13-36/h9-12,15-16H,5-8,13-14H2,1-4H3,(H,38,39). The van der Waals surface area contributed by atoms with Crippen molar-refractivity contribution < 1.29 is 9.18 Å². The van der Waals surface area contributed by atoms with Crippen molar-refractivity contribution in [3.63, 3.8) is 0 Å². The summed E-state index contributed by atoms with van der Waals surface area (Å²) in [5.41, 5.74) is 2.60. The predicted octanol–water partition coefficient (Wildman–Crippen LogP) is 13.6. The third-order valence-electron chi connectivity index (χ3n) is 8.00. The Kier molecular flexibility index (Phi) is 9.11. The van der Waals surface area contributed by atoms with Gasteiger partial charge in [-0.1, -0.05) is 28.8 Å². The third kappa shape index (κ3) is 5.79. The Morgan fingerprint density at radius 3 is 2.00 bits per heavy atom. The Labute approximate surface area is 294 Å². The molecule has 2 nitrogen and oxygen atoms in total. The van der Waals surface area contributed by atoms with E-state index in [1.54, 1.807) is 22.7 Å². The molecule has 7 aromatic rings. The fourth-order valence-electron chi connectivity index (χ4n) is 5.94. The maximum absolute atomic E-state index is 15.8. The Balaban J connectivity index is 1.38. The maximum Gasteiger partial charge on any atom is 0.264 e. The maximum atomic E-state index is 15.8. The molecule has 7 rings (SSSR count). The molecule has 10 heteroatoms. The van der Waals surface area contributed by atoms with E-state index >= 15 is 4.39 Å². The summed E-state index contributed by atoms with van der Waals surface area (Å²) in [6.45, 7) is 9.08. The van der Waals surface area contributed by atoms with Crippen LogP contribution in [0, 0.1) is 33.5 Å². The molecule has 0 atom stereocenters. The van der Waals surface area contributed by atoms with Crippen LogP contribution in [0.15, 0.2) is 36.4 Å². The van der Waals surface area contributed by atoms with Crippen molar-refractivity contribution in [3.8, 4) is 30.6 Å². The molecule has 6 aromatic heterocycles. The summed E-state index contributed by atoms with van der Waals surface area (Å²) in [5, 5.41) is 7.13. The second-order valence-electron chi connectivity index (χ2n) is 11.3. The topological polar surface area (TPSA) is 29.1 Å². The van der Waals surface area contributed by atoms with Crippen LogP contribution in [0.2, 0.25) is 0 Å². The molecule has 1 N–H and O–H groups in total. The number of fused-ring (bicyclic) bond motifs is 4. The van der Waals surface area contributed by atoms with E-state index in [2.05, 4.69) is 78.4 Å². The molecule has 0 spiro atoms. The van der Waals surface area contributed by atoms with E-state index in [9.17, 15) is 4.79 Å². The number of halogens is 2. The van der Waals surface area contributed by atoms with Crippen LogP contribution in [0.3, 0.4) is 0 Å². The number of benzene rings is 1. The predicted molar refractivity (Wildman–Crippen MR) is 206 cm³/mol. The highest BCUT2D eigenvalue weighted by atomic mass is 79.9. The van der Waals surface area contributed by atoms with Gasteiger partial charge in [0, 0.05) is 73.3 Å². The van der Waals surface area contributed by atoms with Gasteiger partial charge in [0.25, 0.3) is 5.91 Å². The first-order valence-corrected chi connectivity index (χ1v) is 21.0. The lowest BCUT2D eigenvalue weighted by Crippen LogP contribution is -2.24. The van der Waals surface area contributed by atoms with Crippen LogP contribution in [-0.2, 0) is 0 Å². The van der Waals surface area contributed by atoms with E-state index in [-0.39, 0.29) is 16.6 Å². The number of aryl methyl sites for hydroxylation is 4. The highest BCUT2D eigenvalue weighted by molar-refractivity contribution is 9.09. The summed E-state index contributed by atoms with van der Waals surface area (Å²) < 4.78 is 19.3. The molecule has 1 amide bonds. The van der Waals surface area contributed by atoms with Gasteiger partial charge in [0.15, 0.2) is 5.82 Å². The molecule has 0 saturated carbocycles. The molecular formula is C35H31BrFNOS6. The summed E-state index contributed by atoms with van der Waals surface area (Å²) >= 11 is 13.8. The molecule has 0 saturated heterocycles. The van der Waals surface area contributed by atoms with Crippen molar-refractivity contribution in [2.75, 3.05) is 11.9 Å². The van der Waals surface area contributed by atoms with Crippen LogP contribution >= 0.6 is 84.0 Å². The minimum Gasteiger partial charge on any atom is -0.351 e. The molecule has 0 radical (unpaired) electrons. The molecule has 0 bridgehead atoms. The number of hydrogen-bond donors (Lipinski definition) is 1. The van der Waals surface area contributed by atoms with E-state index < -0.39 is 0 Å². The van der Waals surface area contributed by atoms with Gasteiger partial charge < -0.3 is 5.32 Å². The number of unbranched alkanes of at least 4 members (excludes halogenated alkanes) is 3. The van der Waals surface area contributed by atoms with E-state index in [1.165, 1.54) is 67.0 Å². The third-order valence-corrected chi connectivity index (χ3v) is 15.5. The van der Waals surface area contributed by atoms with Crippen molar-refractivity contribution in [1.82, 2.24) is 5.32 Å². The summed E-state index contributed by atoms with van der Waals surface area (Å²) in [5.74, 6) is -0.683. The van der Waals surface area contributed by atoms with Crippen LogP contribution in [-0.4, -0.2) is 17.8 Å². The van der Waals surface area contributed by atoms with Crippen LogP contribution in [0.4, 0.5) is 4.39 Å². The molecule has 0 aliphatic heterocycles. The summed E-state index contributed by atoms with van der Waals surface area (Å²) in [6.07, 6.45) is 4.22. The monoisotopic (exact) mass is 771 g/mol. The Bertz CT molecular complexity index is 2200. The van der Waals surface area contributed by atoms with E-state index in [0.717, 1.165) is 50.3 Å². The van der Waals surface area contributed by atoms with Gasteiger partial charge in [-0.15, -0.1) is 68.0 Å². The largest absolute Gasteiger partial charge is 0.351 e. The number of rotatable bonds is 10. The summed E-state index contributed by atoms with van der Waals surface area (Å²) in [6, 6.07) is 13.6. The number of carbonyl (C=O) groups excluding carboxylic acids is 1. The number of carbonyl (C=O) groups is 1. The summed E-state index contributed by atoms with van der Waals surface area (Å²) in [7, 11) is 0. The fraction of sp³-hybridized carbons (Fsp3) is 0.286. The zero-order valence-corrected chi connectivity index (χ0v) is 31.8. The molecule has 0 fully saturated rings. The Hall–Kier alpha value is -1.92. The zero-order valence-electron chi connectivity index (χ0n) is 25.3. The van der Waals surface area contributed by atoms with Crippen molar-refractivity contribution in [3.05, 3.63) is 66.6 Å². The average molecular weight is 773 g/mol. The van der Waals surface area contributed by atoms with Gasteiger partial charge in [-0.05, 0) is 76.9 Å². The first-order chi connectivity index (χ1) is 21.7. The number of nitrogens with one attached hydrogen (secondary N) is 1. The van der Waals surface area contributed by atoms with Crippen molar-refractivity contribution in [2.45, 2.75) is 53.4 Å². The van der Waals surface area contributed by atoms with Crippen molar-refractivity contribution >= 4 is 120 Å². The second kappa shape index (κ2) is 12.9. The van der Waals surface area contributed by atoms with Gasteiger partial charge in [-0.25, -0.2) is 4.39 Å². The number of amides is 1. The number of thiophene rings is 6. The van der Waals surface area contributed by atoms with Gasteiger partial charge >= 0.3 is 0 Å². The van der Waals surface area contributed by atoms with E-state index in [0.29, 0.717) is 11.9 Å². The van der Waals surface area contributed by atoms with Crippen molar-refractivity contribution in [1.29, 1.82) is 0 Å². The molecular weight excluding hydrogens is 742 g/mol. The van der Waals surface area contributed by atoms with Gasteiger partial charge in [-0.2, -0.15) is 0 Å². The van der Waals surface area contributed by atoms with E-state index in [4.69, 9.17) is 0 Å². The highest BCUT2D eigenvalue weighted by Crippen LogP contribution is 2.55. The Morgan fingerprint density at radius 2 is 1.36 bits per heavy atom. The lowest BCUT2D eigenvalue weighted by molar-refractivity contribution is 0.0953. The quantitative estimate of drug-likeness (QED) is 0.109. The lowest BCUT2D eigenvalue weighted by Gasteiger charge is -2.11. The van der Waals surface area contributed by atoms with E-state index in [1.807, 2.05) is 40.9 Å². The summed E-state index contributed by atoms with van der Waals surface area (Å²) in [4.78, 5) is 22.9. The van der Waals surface area contributed by atoms with Crippen LogP contribution in [0.5, 0.6) is 0 Å². The molecule has 45 heavy (non-hydrogen) atoms. The number of alkyl halides is 1. The first-order valence-electron chi connectivity index (χ1n) is 14.9. The molecule has 0 aliphatic carbocycles. The van der Waals surface area contributed by atoms with Gasteiger partial charge in [-0.3, -0.25) is 4.79 Å². The normalized spacial score (nSPS) is 12.0. The molecule has 232 valence electrons. The molecule has 0 unspecified atom stereocenters. The first kappa shape index (κ1) is 31.7. The molecule has 6 heterocycles. The fourth-order valence-corrected chi connectivity index (χ4v) is 13.2. The van der Waals surface area contributed by atoms with Crippen LogP contribution in [0.25, 0.3) is 60.9 Å². The van der Waals surface area contributed by atoms with Crippen molar-refractivity contribution in [2.24, 2.45) is 0 Å². The second-order valence-corrected chi connectivity index (χ2v) is 19.2. The number of hydrogen-bond acceptors (Lipinski definition) is 7. The molecule has 1 aromatic carbocycles. The minimum atomic E-state index is -0.380. The van der Waals surface area contributed by atoms with Gasteiger partial charge in [0.2, 0.25) is 0 Å². The van der Waals surface area contributed by atoms with Gasteiger partial charge in [0.05, 0.1) is 19.0 Å².